The van der Waals surface area contributed by atoms with Crippen molar-refractivity contribution in [2.45, 2.75) is 49.9 Å². The summed E-state index contributed by atoms with van der Waals surface area (Å²) in [6, 6.07) is 0.441. The van der Waals surface area contributed by atoms with Gasteiger partial charge in [0.1, 0.15) is 0 Å². The summed E-state index contributed by atoms with van der Waals surface area (Å²) in [6.07, 6.45) is 3.39. The molecule has 0 aliphatic carbocycles. The molecule has 2 heterocycles. The molecule has 28 heavy (non-hydrogen) atoms. The minimum Gasteiger partial charge on any atom is -0.378 e. The summed E-state index contributed by atoms with van der Waals surface area (Å²) >= 11 is 3.16. The van der Waals surface area contributed by atoms with Crippen LogP contribution in [0, 0.1) is 0 Å². The summed E-state index contributed by atoms with van der Waals surface area (Å²) in [5.41, 5.74) is 0. The van der Waals surface area contributed by atoms with E-state index in [2.05, 4.69) is 16.0 Å². The van der Waals surface area contributed by atoms with Gasteiger partial charge < -0.3 is 25.4 Å². The molecule has 3 amide bonds. The van der Waals surface area contributed by atoms with E-state index in [4.69, 9.17) is 9.47 Å². The van der Waals surface area contributed by atoms with Crippen LogP contribution in [0.15, 0.2) is 0 Å². The molecule has 3 N–H and O–H groups in total. The van der Waals surface area contributed by atoms with E-state index in [0.717, 1.165) is 25.0 Å². The first kappa shape index (κ1) is 23.3. The van der Waals surface area contributed by atoms with Crippen LogP contribution in [0.4, 0.5) is 4.79 Å². The maximum absolute atomic E-state index is 11.8. The van der Waals surface area contributed by atoms with E-state index in [1.165, 1.54) is 11.8 Å². The molecule has 0 radical (unpaired) electrons. The van der Waals surface area contributed by atoms with Crippen LogP contribution < -0.4 is 16.0 Å². The van der Waals surface area contributed by atoms with Crippen molar-refractivity contribution in [2.24, 2.45) is 0 Å². The Labute approximate surface area is 175 Å². The number of hydrogen-bond acceptors (Lipinski definition) is 7. The number of carbonyl (C=O) groups is 3. The smallest absolute Gasteiger partial charge is 0.315 e. The van der Waals surface area contributed by atoms with Gasteiger partial charge in [0.05, 0.1) is 38.5 Å². The molecule has 0 aromatic carbocycles. The Morgan fingerprint density at radius 1 is 1.18 bits per heavy atom. The molecule has 0 aromatic heterocycles. The topological polar surface area (TPSA) is 106 Å². The van der Waals surface area contributed by atoms with Gasteiger partial charge in [-0.1, -0.05) is 18.2 Å². The van der Waals surface area contributed by atoms with Gasteiger partial charge in [0.25, 0.3) is 0 Å². The van der Waals surface area contributed by atoms with Crippen molar-refractivity contribution in [3.05, 3.63) is 0 Å². The summed E-state index contributed by atoms with van der Waals surface area (Å²) in [4.78, 5) is 33.9. The van der Waals surface area contributed by atoms with Crippen LogP contribution in [0.5, 0.6) is 0 Å². The number of ether oxygens (including phenoxy) is 2. The number of rotatable bonds is 14. The lowest BCUT2D eigenvalue weighted by Crippen LogP contribution is -2.36. The molecule has 8 nitrogen and oxygen atoms in total. The van der Waals surface area contributed by atoms with E-state index >= 15 is 0 Å². The molecule has 0 spiro atoms. The van der Waals surface area contributed by atoms with Gasteiger partial charge in [-0.15, -0.1) is 0 Å². The molecule has 2 rings (SSSR count). The van der Waals surface area contributed by atoms with Gasteiger partial charge in [0.15, 0.2) is 5.12 Å². The molecular formula is C18H31N3O5S2. The van der Waals surface area contributed by atoms with Crippen LogP contribution >= 0.6 is 23.5 Å². The second kappa shape index (κ2) is 13.3. The molecule has 2 saturated heterocycles. The number of fused-ring (bicyclic) bond motifs is 1. The fraction of sp³-hybridized carbons (Fsp3) is 0.833. The molecule has 0 unspecified atom stereocenters. The maximum atomic E-state index is 11.8. The van der Waals surface area contributed by atoms with Crippen LogP contribution in [0.3, 0.4) is 0 Å². The van der Waals surface area contributed by atoms with E-state index in [1.807, 2.05) is 11.8 Å². The molecule has 10 heteroatoms. The number of urea groups is 1. The quantitative estimate of drug-likeness (QED) is 0.279. The first-order valence-corrected chi connectivity index (χ1v) is 11.8. The second-order valence-electron chi connectivity index (χ2n) is 6.78. The van der Waals surface area contributed by atoms with Crippen molar-refractivity contribution in [1.82, 2.24) is 16.0 Å². The van der Waals surface area contributed by atoms with Crippen molar-refractivity contribution in [3.8, 4) is 0 Å². The summed E-state index contributed by atoms with van der Waals surface area (Å²) in [5, 5.41) is 9.34. The number of carbonyl (C=O) groups excluding carboxylic acids is 3. The van der Waals surface area contributed by atoms with Crippen LogP contribution in [0.1, 0.15) is 32.6 Å². The van der Waals surface area contributed by atoms with Crippen LogP contribution in [-0.4, -0.2) is 78.9 Å². The highest BCUT2D eigenvalue weighted by Gasteiger charge is 2.42. The van der Waals surface area contributed by atoms with Crippen molar-refractivity contribution >= 4 is 40.6 Å². The molecule has 3 atom stereocenters. The van der Waals surface area contributed by atoms with Gasteiger partial charge in [-0.05, 0) is 12.8 Å². The molecule has 0 aromatic rings. The highest BCUT2D eigenvalue weighted by Crippen LogP contribution is 2.33. The van der Waals surface area contributed by atoms with Crippen molar-refractivity contribution < 1.29 is 23.9 Å². The summed E-state index contributed by atoms with van der Waals surface area (Å²) in [7, 11) is 0. The monoisotopic (exact) mass is 433 g/mol. The third-order valence-corrected chi connectivity index (χ3v) is 6.84. The lowest BCUT2D eigenvalue weighted by atomic mass is 10.0. The van der Waals surface area contributed by atoms with Gasteiger partial charge in [-0.3, -0.25) is 9.59 Å². The highest BCUT2D eigenvalue weighted by atomic mass is 32.2. The predicted molar refractivity (Wildman–Crippen MR) is 112 cm³/mol. The maximum Gasteiger partial charge on any atom is 0.315 e. The molecule has 2 aliphatic heterocycles. The second-order valence-corrected chi connectivity index (χ2v) is 9.33. The Bertz CT molecular complexity index is 523. The molecule has 0 saturated carbocycles. The minimum absolute atomic E-state index is 0.0499. The van der Waals surface area contributed by atoms with E-state index in [9.17, 15) is 14.4 Å². The zero-order valence-corrected chi connectivity index (χ0v) is 18.0. The number of amides is 3. The summed E-state index contributed by atoms with van der Waals surface area (Å²) in [6.45, 7) is 4.01. The van der Waals surface area contributed by atoms with Gasteiger partial charge in [0.2, 0.25) is 5.91 Å². The zero-order valence-electron chi connectivity index (χ0n) is 16.4. The molecule has 2 aliphatic rings. The molecule has 0 bridgehead atoms. The Balaban J connectivity index is 1.36. The average molecular weight is 434 g/mol. The lowest BCUT2D eigenvalue weighted by molar-refractivity contribution is -0.121. The number of unbranched alkanes of at least 4 members (excludes halogenated alkanes) is 1. The normalized spacial score (nSPS) is 23.2. The fourth-order valence-electron chi connectivity index (χ4n) is 3.19. The first-order chi connectivity index (χ1) is 13.6. The Morgan fingerprint density at radius 3 is 2.75 bits per heavy atom. The van der Waals surface area contributed by atoms with Crippen molar-refractivity contribution in [3.63, 3.8) is 0 Å². The minimum atomic E-state index is -0.0551. The van der Waals surface area contributed by atoms with Crippen molar-refractivity contribution in [1.29, 1.82) is 0 Å². The SMILES string of the molecule is CC(=O)SCCOCCOCCNC(=O)CCCC[C@@H]1SC[C@@H]2NC(=O)N[C@@H]21. The average Bonchev–Trinajstić information content (AvgIpc) is 3.19. The fourth-order valence-corrected chi connectivity index (χ4v) is 5.22. The van der Waals surface area contributed by atoms with Gasteiger partial charge in [-0.2, -0.15) is 11.8 Å². The Morgan fingerprint density at radius 2 is 1.96 bits per heavy atom. The van der Waals surface area contributed by atoms with Crippen LogP contribution in [-0.2, 0) is 19.1 Å². The molecule has 160 valence electrons. The number of hydrogen-bond donors (Lipinski definition) is 3. The summed E-state index contributed by atoms with van der Waals surface area (Å²) in [5.74, 6) is 1.68. The zero-order chi connectivity index (χ0) is 20.2. The molecule has 2 fully saturated rings. The highest BCUT2D eigenvalue weighted by molar-refractivity contribution is 8.13. The van der Waals surface area contributed by atoms with E-state index in [0.29, 0.717) is 50.4 Å². The first-order valence-electron chi connectivity index (χ1n) is 9.80. The van der Waals surface area contributed by atoms with Gasteiger partial charge >= 0.3 is 6.03 Å². The van der Waals surface area contributed by atoms with Crippen LogP contribution in [0.25, 0.3) is 0 Å². The predicted octanol–water partition coefficient (Wildman–Crippen LogP) is 1.14. The van der Waals surface area contributed by atoms with E-state index in [1.54, 1.807) is 6.92 Å². The summed E-state index contributed by atoms with van der Waals surface area (Å²) < 4.78 is 10.7. The Kier molecular flexibility index (Phi) is 11.1. The third-order valence-electron chi connectivity index (χ3n) is 4.55. The largest absolute Gasteiger partial charge is 0.378 e. The standard InChI is InChI=1S/C18H31N3O5S2/c1-13(22)27-11-10-26-9-8-25-7-6-19-16(23)5-3-2-4-15-17-14(12-28-15)20-18(24)21-17/h14-15,17H,2-12H2,1H3,(H,19,23)(H2,20,21,24)/t14-,15-,17-/m0/s1. The third kappa shape index (κ3) is 9.02. The van der Waals surface area contributed by atoms with Crippen molar-refractivity contribution in [2.75, 3.05) is 44.5 Å². The van der Waals surface area contributed by atoms with E-state index in [-0.39, 0.29) is 29.1 Å². The van der Waals surface area contributed by atoms with E-state index < -0.39 is 0 Å². The molecular weight excluding hydrogens is 402 g/mol. The Hall–Kier alpha value is -0.970. The van der Waals surface area contributed by atoms with Gasteiger partial charge in [-0.25, -0.2) is 4.79 Å². The lowest BCUT2D eigenvalue weighted by Gasteiger charge is -2.16. The van der Waals surface area contributed by atoms with Gasteiger partial charge in [0, 0.05) is 36.6 Å². The van der Waals surface area contributed by atoms with Crippen LogP contribution in [0.2, 0.25) is 0 Å². The number of nitrogens with one attached hydrogen (secondary N) is 3. The number of thioether (sulfide) groups is 2.